The average Bonchev–Trinajstić information content (AvgIpc) is 3.59. The van der Waals surface area contributed by atoms with Crippen molar-refractivity contribution in [2.24, 2.45) is 5.92 Å². The van der Waals surface area contributed by atoms with Crippen molar-refractivity contribution in [3.05, 3.63) is 89.2 Å². The van der Waals surface area contributed by atoms with Crippen LogP contribution in [0, 0.1) is 17.2 Å². The van der Waals surface area contributed by atoms with Crippen LogP contribution in [0.5, 0.6) is 5.75 Å². The normalized spacial score (nSPS) is 22.9. The Labute approximate surface area is 343 Å². The lowest BCUT2D eigenvalue weighted by molar-refractivity contribution is -0.136. The number of fused-ring (bicyclic) bond motifs is 2. The van der Waals surface area contributed by atoms with Gasteiger partial charge in [-0.15, -0.1) is 0 Å². The molecule has 4 aliphatic heterocycles. The minimum Gasteiger partial charge on any atom is -0.490 e. The van der Waals surface area contributed by atoms with Gasteiger partial charge in [-0.3, -0.25) is 34.4 Å². The number of rotatable bonds is 9. The molecular formula is C45H49N9O5. The second kappa shape index (κ2) is 16.7. The molecule has 1 saturated carbocycles. The van der Waals surface area contributed by atoms with Gasteiger partial charge in [-0.05, 0) is 111 Å². The van der Waals surface area contributed by atoms with Gasteiger partial charge in [-0.1, -0.05) is 0 Å². The summed E-state index contributed by atoms with van der Waals surface area (Å²) < 4.78 is 6.37. The van der Waals surface area contributed by atoms with E-state index in [2.05, 4.69) is 42.5 Å². The van der Waals surface area contributed by atoms with Gasteiger partial charge in [0.15, 0.2) is 0 Å². The number of piperazine rings is 1. The van der Waals surface area contributed by atoms with E-state index >= 15 is 0 Å². The summed E-state index contributed by atoms with van der Waals surface area (Å²) in [5, 5.41) is 15.9. The Balaban J connectivity index is 0.693. The summed E-state index contributed by atoms with van der Waals surface area (Å²) in [4.78, 5) is 68.4. The summed E-state index contributed by atoms with van der Waals surface area (Å²) in [5.41, 5.74) is 4.44. The van der Waals surface area contributed by atoms with Crippen LogP contribution in [0.2, 0.25) is 0 Å². The SMILES string of the molecule is N#Cc1ccc(OC2CCC(NC(=O)c3ccc(N4CCC(CN5CCN(c6ccc7c(c6)CN(C6CCC(=O)NC6=O)C7=O)CC5)CC4)nc3)CC2)c2cccnc12. The third-order valence-electron chi connectivity index (χ3n) is 12.9. The van der Waals surface area contributed by atoms with E-state index in [0.29, 0.717) is 41.1 Å². The number of nitrogens with one attached hydrogen (secondary N) is 2. The number of aromatic nitrogens is 2. The Bertz CT molecular complexity index is 2290. The molecule has 1 unspecified atom stereocenters. The van der Waals surface area contributed by atoms with Crippen LogP contribution in [0.15, 0.2) is 67.0 Å². The smallest absolute Gasteiger partial charge is 0.255 e. The highest BCUT2D eigenvalue weighted by Gasteiger charge is 2.39. The summed E-state index contributed by atoms with van der Waals surface area (Å²) in [6.07, 6.45) is 9.52. The summed E-state index contributed by atoms with van der Waals surface area (Å²) >= 11 is 0. The van der Waals surface area contributed by atoms with Crippen molar-refractivity contribution in [3.63, 3.8) is 0 Å². The molecule has 0 bridgehead atoms. The Morgan fingerprint density at radius 3 is 2.44 bits per heavy atom. The first-order valence-corrected chi connectivity index (χ1v) is 21.0. The molecule has 6 heterocycles. The molecule has 2 aromatic carbocycles. The first kappa shape index (κ1) is 38.4. The zero-order valence-electron chi connectivity index (χ0n) is 33.1. The second-order valence-corrected chi connectivity index (χ2v) is 16.6. The van der Waals surface area contributed by atoms with Crippen molar-refractivity contribution in [2.75, 3.05) is 55.6 Å². The number of pyridine rings is 2. The van der Waals surface area contributed by atoms with Crippen LogP contribution in [0.1, 0.15) is 83.2 Å². The van der Waals surface area contributed by atoms with Crippen molar-refractivity contribution in [1.82, 2.24) is 30.4 Å². The predicted octanol–water partition coefficient (Wildman–Crippen LogP) is 4.42. The van der Waals surface area contributed by atoms with Crippen LogP contribution >= 0.6 is 0 Å². The van der Waals surface area contributed by atoms with Gasteiger partial charge in [0.1, 0.15) is 23.7 Å². The van der Waals surface area contributed by atoms with Gasteiger partial charge in [0, 0.05) is 93.9 Å². The fraction of sp³-hybridized carbons (Fsp3) is 0.444. The van der Waals surface area contributed by atoms with Crippen molar-refractivity contribution in [2.45, 2.75) is 76.1 Å². The molecule has 1 aliphatic carbocycles. The van der Waals surface area contributed by atoms with Crippen LogP contribution in [0.3, 0.4) is 0 Å². The monoisotopic (exact) mass is 795 g/mol. The zero-order chi connectivity index (χ0) is 40.5. The lowest BCUT2D eigenvalue weighted by atomic mass is 9.92. The molecule has 14 nitrogen and oxygen atoms in total. The maximum Gasteiger partial charge on any atom is 0.255 e. The van der Waals surface area contributed by atoms with Crippen LogP contribution in [0.25, 0.3) is 10.9 Å². The molecule has 14 heteroatoms. The van der Waals surface area contributed by atoms with Crippen LogP contribution in [0.4, 0.5) is 11.5 Å². The Hall–Kier alpha value is -6.07. The number of piperidine rings is 2. The molecule has 4 aromatic rings. The van der Waals surface area contributed by atoms with Gasteiger partial charge in [-0.2, -0.15) is 5.26 Å². The van der Waals surface area contributed by atoms with Crippen LogP contribution in [-0.4, -0.2) is 107 Å². The quantitative estimate of drug-likeness (QED) is 0.231. The molecule has 2 N–H and O–H groups in total. The third-order valence-corrected chi connectivity index (χ3v) is 12.9. The minimum atomic E-state index is -0.602. The largest absolute Gasteiger partial charge is 0.490 e. The highest BCUT2D eigenvalue weighted by molar-refractivity contribution is 6.05. The maximum atomic E-state index is 13.2. The summed E-state index contributed by atoms with van der Waals surface area (Å²) in [6.45, 7) is 7.13. The molecule has 1 atom stereocenters. The lowest BCUT2D eigenvalue weighted by Gasteiger charge is -2.40. The van der Waals surface area contributed by atoms with Crippen molar-refractivity contribution >= 4 is 46.0 Å². The van der Waals surface area contributed by atoms with Crippen molar-refractivity contribution in [3.8, 4) is 11.8 Å². The average molecular weight is 796 g/mol. The third kappa shape index (κ3) is 8.16. The standard InChI is InChI=1S/C45H49N9O5/c46-25-30-3-12-39(37-2-1-17-47-42(30)37)59-35-8-5-33(6-9-35)49-43(56)31-4-13-40(48-26-31)53-18-15-29(16-19-53)27-51-20-22-52(23-21-51)34-7-10-36-32(24-34)28-54(45(36)58)38-11-14-41(55)50-44(38)57/h1-4,7,10,12-13,17,24,26,29,33,35,38H,5-6,8-9,11,14-16,18-23,27-28H2,(H,49,56)(H,50,55,57). The predicted molar refractivity (Wildman–Crippen MR) is 221 cm³/mol. The summed E-state index contributed by atoms with van der Waals surface area (Å²) in [6, 6.07) is 18.9. The van der Waals surface area contributed by atoms with E-state index in [4.69, 9.17) is 9.72 Å². The van der Waals surface area contributed by atoms with Crippen molar-refractivity contribution in [1.29, 1.82) is 5.26 Å². The number of ether oxygens (including phenoxy) is 1. The first-order valence-electron chi connectivity index (χ1n) is 21.0. The van der Waals surface area contributed by atoms with Gasteiger partial charge < -0.3 is 24.8 Å². The van der Waals surface area contributed by atoms with E-state index in [0.717, 1.165) is 113 Å². The number of hydrogen-bond acceptors (Lipinski definition) is 11. The Morgan fingerprint density at radius 1 is 0.881 bits per heavy atom. The topological polar surface area (TPSA) is 164 Å². The highest BCUT2D eigenvalue weighted by atomic mass is 16.5. The van der Waals surface area contributed by atoms with E-state index in [-0.39, 0.29) is 42.2 Å². The van der Waals surface area contributed by atoms with Crippen LogP contribution < -0.4 is 25.2 Å². The number of carbonyl (C=O) groups is 4. The molecular weight excluding hydrogens is 747 g/mol. The highest BCUT2D eigenvalue weighted by Crippen LogP contribution is 2.33. The Kier molecular flexibility index (Phi) is 10.9. The number of benzene rings is 2. The summed E-state index contributed by atoms with van der Waals surface area (Å²) in [5.74, 6) is 1.37. The van der Waals surface area contributed by atoms with Gasteiger partial charge in [0.05, 0.1) is 22.7 Å². The number of nitrogens with zero attached hydrogens (tertiary/aromatic N) is 7. The van der Waals surface area contributed by atoms with E-state index in [1.807, 2.05) is 42.5 Å². The lowest BCUT2D eigenvalue weighted by Crippen LogP contribution is -2.52. The van der Waals surface area contributed by atoms with Crippen LogP contribution in [-0.2, 0) is 16.1 Å². The fourth-order valence-corrected chi connectivity index (χ4v) is 9.48. The molecule has 2 aromatic heterocycles. The number of carbonyl (C=O) groups excluding carboxylic acids is 4. The summed E-state index contributed by atoms with van der Waals surface area (Å²) in [7, 11) is 0. The van der Waals surface area contributed by atoms with Gasteiger partial charge in [0.25, 0.3) is 11.8 Å². The minimum absolute atomic E-state index is 0.0370. The number of imide groups is 1. The van der Waals surface area contributed by atoms with Crippen molar-refractivity contribution < 1.29 is 23.9 Å². The van der Waals surface area contributed by atoms with E-state index in [1.165, 1.54) is 0 Å². The molecule has 9 rings (SSSR count). The molecule has 5 aliphatic rings. The second-order valence-electron chi connectivity index (χ2n) is 16.6. The maximum absolute atomic E-state index is 13.2. The number of hydrogen-bond donors (Lipinski definition) is 2. The number of amides is 4. The zero-order valence-corrected chi connectivity index (χ0v) is 33.1. The molecule has 59 heavy (non-hydrogen) atoms. The first-order chi connectivity index (χ1) is 28.8. The van der Waals surface area contributed by atoms with E-state index in [1.54, 1.807) is 23.4 Å². The van der Waals surface area contributed by atoms with E-state index < -0.39 is 6.04 Å². The number of anilines is 2. The Morgan fingerprint density at radius 2 is 1.69 bits per heavy atom. The molecule has 0 spiro atoms. The molecule has 3 saturated heterocycles. The fourth-order valence-electron chi connectivity index (χ4n) is 9.48. The van der Waals surface area contributed by atoms with E-state index in [9.17, 15) is 24.4 Å². The molecule has 4 fully saturated rings. The molecule has 4 amide bonds. The number of nitriles is 1. The van der Waals surface area contributed by atoms with Gasteiger partial charge in [-0.25, -0.2) is 4.98 Å². The van der Waals surface area contributed by atoms with Gasteiger partial charge in [0.2, 0.25) is 11.8 Å². The molecule has 0 radical (unpaired) electrons. The molecule has 304 valence electrons. The van der Waals surface area contributed by atoms with Gasteiger partial charge >= 0.3 is 0 Å².